The molecule has 5 heteroatoms. The number of aliphatic hydroxyl groups is 1. The molecule has 0 radical (unpaired) electrons. The van der Waals surface area contributed by atoms with Crippen LogP contribution in [0.15, 0.2) is 30.3 Å². The lowest BCUT2D eigenvalue weighted by molar-refractivity contribution is -0.123. The van der Waals surface area contributed by atoms with Crippen molar-refractivity contribution in [2.24, 2.45) is 0 Å². The van der Waals surface area contributed by atoms with Gasteiger partial charge in [-0.25, -0.2) is 0 Å². The van der Waals surface area contributed by atoms with E-state index in [2.05, 4.69) is 15.1 Å². The first kappa shape index (κ1) is 18.9. The number of hydrogen-bond acceptors (Lipinski definition) is 4. The van der Waals surface area contributed by atoms with E-state index in [1.165, 1.54) is 0 Å². The highest BCUT2D eigenvalue weighted by Crippen LogP contribution is 2.17. The van der Waals surface area contributed by atoms with Gasteiger partial charge in [-0.15, -0.1) is 0 Å². The molecule has 0 bridgehead atoms. The lowest BCUT2D eigenvalue weighted by atomic mass is 9.96. The Kier molecular flexibility index (Phi) is 7.21. The Morgan fingerprint density at radius 1 is 1.08 bits per heavy atom. The zero-order chi connectivity index (χ0) is 17.4. The predicted octanol–water partition coefficient (Wildman–Crippen LogP) is 1.47. The van der Waals surface area contributed by atoms with E-state index in [9.17, 15) is 9.90 Å². The summed E-state index contributed by atoms with van der Waals surface area (Å²) in [6.07, 6.45) is 1.57. The second kappa shape index (κ2) is 9.16. The molecule has 2 rings (SSSR count). The Hall–Kier alpha value is -1.43. The first-order chi connectivity index (χ1) is 11.5. The fourth-order valence-electron chi connectivity index (χ4n) is 3.05. The van der Waals surface area contributed by atoms with E-state index < -0.39 is 5.60 Å². The van der Waals surface area contributed by atoms with Crippen LogP contribution in [-0.2, 0) is 11.3 Å². The smallest absolute Gasteiger partial charge is 0.234 e. The Bertz CT molecular complexity index is 495. The average molecular weight is 333 g/mol. The van der Waals surface area contributed by atoms with E-state index in [-0.39, 0.29) is 5.91 Å². The van der Waals surface area contributed by atoms with Gasteiger partial charge in [-0.3, -0.25) is 14.6 Å². The molecule has 0 unspecified atom stereocenters. The van der Waals surface area contributed by atoms with Gasteiger partial charge in [0, 0.05) is 39.3 Å². The molecule has 1 aromatic rings. The van der Waals surface area contributed by atoms with Gasteiger partial charge in [0.1, 0.15) is 0 Å². The molecule has 5 nitrogen and oxygen atoms in total. The summed E-state index contributed by atoms with van der Waals surface area (Å²) in [5, 5.41) is 13.4. The van der Waals surface area contributed by atoms with Gasteiger partial charge in [-0.05, 0) is 18.4 Å². The van der Waals surface area contributed by atoms with Crippen LogP contribution in [0, 0.1) is 0 Å². The van der Waals surface area contributed by atoms with E-state index in [0.717, 1.165) is 51.1 Å². The second-order valence-corrected chi connectivity index (χ2v) is 6.75. The maximum atomic E-state index is 12.1. The Morgan fingerprint density at radius 3 is 2.25 bits per heavy atom. The maximum Gasteiger partial charge on any atom is 0.234 e. The van der Waals surface area contributed by atoms with Crippen molar-refractivity contribution in [3.8, 4) is 0 Å². The van der Waals surface area contributed by atoms with Crippen LogP contribution >= 0.6 is 0 Å². The number of benzene rings is 1. The van der Waals surface area contributed by atoms with Crippen LogP contribution < -0.4 is 5.32 Å². The molecular formula is C19H31N3O2. The number of nitrogens with one attached hydrogen (secondary N) is 1. The van der Waals surface area contributed by atoms with Crippen molar-refractivity contribution in [3.63, 3.8) is 0 Å². The lowest BCUT2D eigenvalue weighted by Gasteiger charge is -2.38. The number of carbonyl (C=O) groups excluding carboxylic acids is 1. The molecule has 1 heterocycles. The summed E-state index contributed by atoms with van der Waals surface area (Å²) in [5.74, 6) is 0.0749. The third-order valence-corrected chi connectivity index (χ3v) is 5.00. The van der Waals surface area contributed by atoms with E-state index in [1.807, 2.05) is 44.2 Å². The van der Waals surface area contributed by atoms with Crippen molar-refractivity contribution in [2.45, 2.75) is 38.8 Å². The van der Waals surface area contributed by atoms with Crippen molar-refractivity contribution in [2.75, 3.05) is 39.3 Å². The summed E-state index contributed by atoms with van der Waals surface area (Å²) in [6, 6.07) is 9.97. The lowest BCUT2D eigenvalue weighted by Crippen LogP contribution is -2.53. The van der Waals surface area contributed by atoms with Crippen LogP contribution in [0.3, 0.4) is 0 Å². The highest BCUT2D eigenvalue weighted by Gasteiger charge is 2.28. The van der Waals surface area contributed by atoms with Crippen LogP contribution in [0.25, 0.3) is 0 Å². The number of hydrogen-bond donors (Lipinski definition) is 2. The summed E-state index contributed by atoms with van der Waals surface area (Å²) in [4.78, 5) is 16.6. The number of rotatable bonds is 8. The fourth-order valence-corrected chi connectivity index (χ4v) is 3.05. The number of nitrogens with zero attached hydrogens (tertiary/aromatic N) is 2. The molecule has 0 spiro atoms. The number of piperazine rings is 1. The Morgan fingerprint density at radius 2 is 1.67 bits per heavy atom. The van der Waals surface area contributed by atoms with Crippen molar-refractivity contribution < 1.29 is 9.90 Å². The third kappa shape index (κ3) is 5.89. The van der Waals surface area contributed by atoms with Crippen LogP contribution in [0.4, 0.5) is 0 Å². The van der Waals surface area contributed by atoms with Gasteiger partial charge >= 0.3 is 0 Å². The monoisotopic (exact) mass is 333 g/mol. The first-order valence-electron chi connectivity index (χ1n) is 9.02. The predicted molar refractivity (Wildman–Crippen MR) is 96.7 cm³/mol. The third-order valence-electron chi connectivity index (χ3n) is 5.00. The molecule has 1 fully saturated rings. The summed E-state index contributed by atoms with van der Waals surface area (Å²) >= 11 is 0. The molecule has 1 amide bonds. The van der Waals surface area contributed by atoms with Gasteiger partial charge in [-0.2, -0.15) is 0 Å². The number of carbonyl (C=O) groups is 1. The molecule has 2 N–H and O–H groups in total. The van der Waals surface area contributed by atoms with Crippen molar-refractivity contribution in [3.05, 3.63) is 35.9 Å². The van der Waals surface area contributed by atoms with Gasteiger partial charge in [-0.1, -0.05) is 44.2 Å². The van der Waals surface area contributed by atoms with Crippen LogP contribution in [0.5, 0.6) is 0 Å². The summed E-state index contributed by atoms with van der Waals surface area (Å²) < 4.78 is 0. The minimum Gasteiger partial charge on any atom is -0.389 e. The normalized spacial score (nSPS) is 17.0. The summed E-state index contributed by atoms with van der Waals surface area (Å²) in [6.45, 7) is 9.42. The van der Waals surface area contributed by atoms with Crippen LogP contribution in [-0.4, -0.2) is 65.7 Å². The SMILES string of the molecule is CCC(O)(CC)CN1CCN(CC(=O)NCc2ccccc2)CC1. The minimum absolute atomic E-state index is 0.0749. The van der Waals surface area contributed by atoms with E-state index >= 15 is 0 Å². The fraction of sp³-hybridized carbons (Fsp3) is 0.632. The molecule has 1 aliphatic heterocycles. The van der Waals surface area contributed by atoms with Gasteiger partial charge in [0.05, 0.1) is 12.1 Å². The highest BCUT2D eigenvalue weighted by molar-refractivity contribution is 5.78. The molecule has 0 aliphatic carbocycles. The molecule has 134 valence electrons. The first-order valence-corrected chi connectivity index (χ1v) is 9.02. The van der Waals surface area contributed by atoms with Crippen molar-refractivity contribution in [1.82, 2.24) is 15.1 Å². The molecule has 1 saturated heterocycles. The van der Waals surface area contributed by atoms with Crippen LogP contribution in [0.2, 0.25) is 0 Å². The van der Waals surface area contributed by atoms with E-state index in [0.29, 0.717) is 13.1 Å². The summed E-state index contributed by atoms with van der Waals surface area (Å²) in [7, 11) is 0. The van der Waals surface area contributed by atoms with Crippen molar-refractivity contribution in [1.29, 1.82) is 0 Å². The Labute approximate surface area is 145 Å². The standard InChI is InChI=1S/C19H31N3O2/c1-3-19(24,4-2)16-22-12-10-21(11-13-22)15-18(23)20-14-17-8-6-5-7-9-17/h5-9,24H,3-4,10-16H2,1-2H3,(H,20,23). The van der Waals surface area contributed by atoms with Gasteiger partial charge in [0.25, 0.3) is 0 Å². The maximum absolute atomic E-state index is 12.1. The molecule has 1 aliphatic rings. The van der Waals surface area contributed by atoms with Gasteiger partial charge in [0.2, 0.25) is 5.91 Å². The molecule has 0 atom stereocenters. The second-order valence-electron chi connectivity index (χ2n) is 6.75. The van der Waals surface area contributed by atoms with Crippen molar-refractivity contribution >= 4 is 5.91 Å². The van der Waals surface area contributed by atoms with Crippen LogP contribution in [0.1, 0.15) is 32.3 Å². The summed E-state index contributed by atoms with van der Waals surface area (Å²) in [5.41, 5.74) is 0.545. The molecule has 1 aromatic carbocycles. The zero-order valence-electron chi connectivity index (χ0n) is 15.0. The molecule has 24 heavy (non-hydrogen) atoms. The average Bonchev–Trinajstić information content (AvgIpc) is 2.62. The van der Waals surface area contributed by atoms with E-state index in [4.69, 9.17) is 0 Å². The quantitative estimate of drug-likeness (QED) is 0.756. The zero-order valence-corrected chi connectivity index (χ0v) is 15.0. The number of β-amino-alcohol motifs (C(OH)–C–C–N with tert-alkyl or cyclic N) is 1. The topological polar surface area (TPSA) is 55.8 Å². The number of amides is 1. The molecule has 0 saturated carbocycles. The van der Waals surface area contributed by atoms with E-state index in [1.54, 1.807) is 0 Å². The molecule has 0 aromatic heterocycles. The Balaban J connectivity index is 1.68. The molecular weight excluding hydrogens is 302 g/mol. The largest absolute Gasteiger partial charge is 0.389 e. The van der Waals surface area contributed by atoms with Gasteiger partial charge in [0.15, 0.2) is 0 Å². The minimum atomic E-state index is -0.574. The van der Waals surface area contributed by atoms with Gasteiger partial charge < -0.3 is 10.4 Å². The highest BCUT2D eigenvalue weighted by atomic mass is 16.3.